The highest BCUT2D eigenvalue weighted by Crippen LogP contribution is 2.28. The molecule has 1 aliphatic rings. The first-order valence-electron chi connectivity index (χ1n) is 9.92. The number of fused-ring (bicyclic) bond motifs is 1. The Labute approximate surface area is 168 Å². The molecule has 1 aromatic heterocycles. The van der Waals surface area contributed by atoms with Gasteiger partial charge < -0.3 is 5.32 Å². The van der Waals surface area contributed by atoms with E-state index in [1.165, 1.54) is 10.9 Å². The molecule has 150 valence electrons. The number of nitrogens with one attached hydrogen (secondary N) is 1. The normalized spacial score (nSPS) is 17.1. The molecule has 0 amide bonds. The van der Waals surface area contributed by atoms with Gasteiger partial charge >= 0.3 is 0 Å². The van der Waals surface area contributed by atoms with Crippen molar-refractivity contribution >= 4 is 26.5 Å². The fourth-order valence-electron chi connectivity index (χ4n) is 3.57. The van der Waals surface area contributed by atoms with Gasteiger partial charge in [0.2, 0.25) is 10.0 Å². The highest BCUT2D eigenvalue weighted by molar-refractivity contribution is 7.89. The number of hydrogen-bond donors (Lipinski definition) is 1. The van der Waals surface area contributed by atoms with Crippen molar-refractivity contribution in [1.82, 2.24) is 9.29 Å². The lowest BCUT2D eigenvalue weighted by molar-refractivity contribution is 0.330. The molecule has 0 radical (unpaired) electrons. The molecule has 0 bridgehead atoms. The molecule has 1 aliphatic heterocycles. The van der Waals surface area contributed by atoms with Crippen molar-refractivity contribution in [3.8, 4) is 0 Å². The molecule has 6 heteroatoms. The third kappa shape index (κ3) is 5.00. The molecule has 28 heavy (non-hydrogen) atoms. The van der Waals surface area contributed by atoms with E-state index in [1.54, 1.807) is 11.2 Å². The molecule has 3 rings (SSSR count). The summed E-state index contributed by atoms with van der Waals surface area (Å²) in [6, 6.07) is 6.70. The number of allylic oxidation sites excluding steroid dienone is 4. The van der Waals surface area contributed by atoms with E-state index in [9.17, 15) is 8.42 Å². The zero-order valence-electron chi connectivity index (χ0n) is 16.6. The molecule has 5 nitrogen and oxygen atoms in total. The summed E-state index contributed by atoms with van der Waals surface area (Å²) in [7, 11) is -3.09. The first-order valence-corrected chi connectivity index (χ1v) is 11.5. The van der Waals surface area contributed by atoms with Crippen LogP contribution in [0.2, 0.25) is 0 Å². The van der Waals surface area contributed by atoms with Crippen molar-refractivity contribution in [2.75, 3.05) is 24.2 Å². The average Bonchev–Trinajstić information content (AvgIpc) is 2.72. The molecule has 1 N–H and O–H groups in total. The standard InChI is InChI=1S/C22H29N3O2S/c1-3-5-6-7-8-18-15-19-9-12-23-17-21(19)22(16-18)24-20-10-13-25(14-11-20)28(26,27)4-2/h3,5-7,9,12,15-17,20,24H,4,8,10-11,13-14H2,1-2H3/b5-3-,7-6-. The van der Waals surface area contributed by atoms with Gasteiger partial charge in [-0.25, -0.2) is 12.7 Å². The van der Waals surface area contributed by atoms with Gasteiger partial charge in [0.05, 0.1) is 5.75 Å². The predicted molar refractivity (Wildman–Crippen MR) is 117 cm³/mol. The number of aromatic nitrogens is 1. The van der Waals surface area contributed by atoms with Crippen LogP contribution in [0.15, 0.2) is 54.9 Å². The second-order valence-electron chi connectivity index (χ2n) is 7.12. The van der Waals surface area contributed by atoms with Crippen molar-refractivity contribution in [3.05, 3.63) is 60.5 Å². The van der Waals surface area contributed by atoms with Gasteiger partial charge in [-0.15, -0.1) is 0 Å². The Balaban J connectivity index is 1.77. The van der Waals surface area contributed by atoms with Crippen molar-refractivity contribution in [2.45, 2.75) is 39.2 Å². The zero-order valence-corrected chi connectivity index (χ0v) is 17.5. The third-order valence-corrected chi connectivity index (χ3v) is 7.06. The second kappa shape index (κ2) is 9.34. The molecular formula is C22H29N3O2S. The van der Waals surface area contributed by atoms with Crippen LogP contribution < -0.4 is 5.32 Å². The SMILES string of the molecule is C/C=C\C=C/Cc1cc(NC2CCN(S(=O)(=O)CC)CC2)c2cnccc2c1. The average molecular weight is 400 g/mol. The van der Waals surface area contributed by atoms with Crippen LogP contribution in [0.1, 0.15) is 32.3 Å². The number of benzene rings is 1. The summed E-state index contributed by atoms with van der Waals surface area (Å²) < 4.78 is 25.8. The van der Waals surface area contributed by atoms with E-state index in [1.807, 2.05) is 37.5 Å². The van der Waals surface area contributed by atoms with Crippen molar-refractivity contribution in [1.29, 1.82) is 0 Å². The van der Waals surface area contributed by atoms with Gasteiger partial charge in [-0.3, -0.25) is 4.98 Å². The van der Waals surface area contributed by atoms with Gasteiger partial charge in [0.15, 0.2) is 0 Å². The zero-order chi connectivity index (χ0) is 20.0. The number of sulfonamides is 1. The van der Waals surface area contributed by atoms with Crippen molar-refractivity contribution in [2.24, 2.45) is 0 Å². The lowest BCUT2D eigenvalue weighted by Gasteiger charge is -2.32. The molecule has 0 atom stereocenters. The second-order valence-corrected chi connectivity index (χ2v) is 9.37. The van der Waals surface area contributed by atoms with E-state index >= 15 is 0 Å². The number of rotatable bonds is 7. The minimum atomic E-state index is -3.09. The smallest absolute Gasteiger partial charge is 0.213 e. The Hall–Kier alpha value is -2.18. The summed E-state index contributed by atoms with van der Waals surface area (Å²) in [5.74, 6) is 0.171. The molecule has 1 saturated heterocycles. The van der Waals surface area contributed by atoms with Gasteiger partial charge in [0.25, 0.3) is 0 Å². The Bertz CT molecular complexity index is 959. The lowest BCUT2D eigenvalue weighted by Crippen LogP contribution is -2.42. The molecule has 1 fully saturated rings. The third-order valence-electron chi connectivity index (χ3n) is 5.18. The minimum absolute atomic E-state index is 0.171. The molecule has 2 heterocycles. The fraction of sp³-hybridized carbons (Fsp3) is 0.409. The summed E-state index contributed by atoms with van der Waals surface area (Å²) in [5.41, 5.74) is 2.32. The summed E-state index contributed by atoms with van der Waals surface area (Å²) in [4.78, 5) is 4.29. The van der Waals surface area contributed by atoms with Crippen LogP contribution in [0.3, 0.4) is 0 Å². The number of anilines is 1. The van der Waals surface area contributed by atoms with Crippen LogP contribution in [-0.4, -0.2) is 42.6 Å². The monoisotopic (exact) mass is 399 g/mol. The summed E-state index contributed by atoms with van der Waals surface area (Å²) in [6.07, 6.45) is 14.5. The van der Waals surface area contributed by atoms with E-state index in [0.29, 0.717) is 13.1 Å². The van der Waals surface area contributed by atoms with Crippen LogP contribution >= 0.6 is 0 Å². The Morgan fingerprint density at radius 1 is 1.25 bits per heavy atom. The molecular weight excluding hydrogens is 370 g/mol. The maximum atomic E-state index is 12.1. The summed E-state index contributed by atoms with van der Waals surface area (Å²) in [5, 5.41) is 5.93. The van der Waals surface area contributed by atoms with E-state index < -0.39 is 10.0 Å². The fourth-order valence-corrected chi connectivity index (χ4v) is 4.70. The van der Waals surface area contributed by atoms with Crippen LogP contribution in [0.5, 0.6) is 0 Å². The number of hydrogen-bond acceptors (Lipinski definition) is 4. The highest BCUT2D eigenvalue weighted by atomic mass is 32.2. The first-order chi connectivity index (χ1) is 13.5. The lowest BCUT2D eigenvalue weighted by atomic mass is 10.0. The van der Waals surface area contributed by atoms with Gasteiger partial charge in [-0.2, -0.15) is 0 Å². The van der Waals surface area contributed by atoms with E-state index in [2.05, 4.69) is 34.6 Å². The van der Waals surface area contributed by atoms with Crippen LogP contribution in [0.25, 0.3) is 10.8 Å². The molecule has 0 saturated carbocycles. The molecule has 2 aromatic rings. The van der Waals surface area contributed by atoms with Gasteiger partial charge in [0, 0.05) is 42.6 Å². The van der Waals surface area contributed by atoms with Gasteiger partial charge in [-0.1, -0.05) is 30.4 Å². The van der Waals surface area contributed by atoms with Gasteiger partial charge in [-0.05, 0) is 56.2 Å². The van der Waals surface area contributed by atoms with E-state index in [-0.39, 0.29) is 11.8 Å². The predicted octanol–water partition coefficient (Wildman–Crippen LogP) is 4.14. The highest BCUT2D eigenvalue weighted by Gasteiger charge is 2.26. The topological polar surface area (TPSA) is 62.3 Å². The largest absolute Gasteiger partial charge is 0.382 e. The Morgan fingerprint density at radius 3 is 2.75 bits per heavy atom. The summed E-state index contributed by atoms with van der Waals surface area (Å²) >= 11 is 0. The molecule has 0 unspecified atom stereocenters. The molecule has 0 aliphatic carbocycles. The first kappa shape index (κ1) is 20.6. The molecule has 1 aromatic carbocycles. The van der Waals surface area contributed by atoms with E-state index in [4.69, 9.17) is 0 Å². The minimum Gasteiger partial charge on any atom is -0.382 e. The van der Waals surface area contributed by atoms with E-state index in [0.717, 1.165) is 30.3 Å². The number of nitrogens with zero attached hydrogens (tertiary/aromatic N) is 2. The van der Waals surface area contributed by atoms with Crippen molar-refractivity contribution < 1.29 is 8.42 Å². The van der Waals surface area contributed by atoms with Crippen LogP contribution in [0, 0.1) is 0 Å². The maximum Gasteiger partial charge on any atom is 0.213 e. The Morgan fingerprint density at radius 2 is 2.04 bits per heavy atom. The summed E-state index contributed by atoms with van der Waals surface area (Å²) in [6.45, 7) is 4.87. The number of piperidine rings is 1. The Kier molecular flexibility index (Phi) is 6.86. The maximum absolute atomic E-state index is 12.1. The van der Waals surface area contributed by atoms with Crippen molar-refractivity contribution in [3.63, 3.8) is 0 Å². The van der Waals surface area contributed by atoms with Gasteiger partial charge in [0.1, 0.15) is 0 Å². The quantitative estimate of drug-likeness (QED) is 0.711. The molecule has 0 spiro atoms. The number of pyridine rings is 1. The van der Waals surface area contributed by atoms with Crippen LogP contribution in [-0.2, 0) is 16.4 Å². The van der Waals surface area contributed by atoms with Crippen LogP contribution in [0.4, 0.5) is 5.69 Å².